The summed E-state index contributed by atoms with van der Waals surface area (Å²) in [6, 6.07) is 6.55. The Hall–Kier alpha value is -1.95. The number of non-ortho nitro benzene ring substituents is 1. The summed E-state index contributed by atoms with van der Waals surface area (Å²) in [6.07, 6.45) is 7.71. The lowest BCUT2D eigenvalue weighted by atomic mass is 9.95. The number of piperidine rings is 1. The minimum absolute atomic E-state index is 0.00540. The van der Waals surface area contributed by atoms with Crippen LogP contribution in [0, 0.1) is 16.0 Å². The number of nitro benzene ring substituents is 1. The molecule has 2 aliphatic rings. The third-order valence-electron chi connectivity index (χ3n) is 5.38. The van der Waals surface area contributed by atoms with Gasteiger partial charge in [0.2, 0.25) is 0 Å². The molecule has 1 heterocycles. The van der Waals surface area contributed by atoms with Gasteiger partial charge >= 0.3 is 0 Å². The maximum absolute atomic E-state index is 12.2. The van der Waals surface area contributed by atoms with Gasteiger partial charge in [-0.15, -0.1) is 0 Å². The monoisotopic (exact) mass is 331 g/mol. The van der Waals surface area contributed by atoms with E-state index in [0.717, 1.165) is 32.0 Å². The van der Waals surface area contributed by atoms with E-state index in [9.17, 15) is 14.9 Å². The quantitative estimate of drug-likeness (QED) is 0.665. The zero-order valence-electron chi connectivity index (χ0n) is 13.9. The van der Waals surface area contributed by atoms with E-state index in [2.05, 4.69) is 10.2 Å². The Bertz CT molecular complexity index is 574. The molecule has 1 aliphatic carbocycles. The third-order valence-corrected chi connectivity index (χ3v) is 5.38. The van der Waals surface area contributed by atoms with E-state index in [-0.39, 0.29) is 11.6 Å². The standard InChI is InChI=1S/C18H25N3O3/c22-18(15-5-7-17(8-6-15)21(23)24)19-13-14-9-11-20(12-10-14)16-3-1-2-4-16/h5-8,14,16H,1-4,9-13H2,(H,19,22). The van der Waals surface area contributed by atoms with Crippen LogP contribution in [0.25, 0.3) is 0 Å². The van der Waals surface area contributed by atoms with Crippen molar-refractivity contribution in [2.24, 2.45) is 5.92 Å². The molecule has 130 valence electrons. The van der Waals surface area contributed by atoms with Crippen LogP contribution in [0.15, 0.2) is 24.3 Å². The van der Waals surface area contributed by atoms with Crippen molar-refractivity contribution in [2.45, 2.75) is 44.6 Å². The Labute approximate surface area is 142 Å². The molecule has 0 unspecified atom stereocenters. The molecule has 1 saturated heterocycles. The zero-order valence-corrected chi connectivity index (χ0v) is 13.9. The average Bonchev–Trinajstić information content (AvgIpc) is 3.15. The largest absolute Gasteiger partial charge is 0.352 e. The summed E-state index contributed by atoms with van der Waals surface area (Å²) in [4.78, 5) is 25.0. The van der Waals surface area contributed by atoms with Crippen molar-refractivity contribution in [2.75, 3.05) is 19.6 Å². The summed E-state index contributed by atoms with van der Waals surface area (Å²) in [5.41, 5.74) is 0.481. The van der Waals surface area contributed by atoms with Gasteiger partial charge in [0.05, 0.1) is 4.92 Å². The van der Waals surface area contributed by atoms with Gasteiger partial charge in [-0.2, -0.15) is 0 Å². The molecule has 0 radical (unpaired) electrons. The van der Waals surface area contributed by atoms with Crippen molar-refractivity contribution in [3.63, 3.8) is 0 Å². The lowest BCUT2D eigenvalue weighted by Crippen LogP contribution is -2.42. The fourth-order valence-corrected chi connectivity index (χ4v) is 3.87. The highest BCUT2D eigenvalue weighted by Crippen LogP contribution is 2.27. The number of rotatable bonds is 5. The smallest absolute Gasteiger partial charge is 0.269 e. The van der Waals surface area contributed by atoms with Gasteiger partial charge in [0.25, 0.3) is 11.6 Å². The molecule has 0 aromatic heterocycles. The predicted octanol–water partition coefficient (Wildman–Crippen LogP) is 2.98. The minimum Gasteiger partial charge on any atom is -0.352 e. The van der Waals surface area contributed by atoms with Crippen molar-refractivity contribution in [3.05, 3.63) is 39.9 Å². The lowest BCUT2D eigenvalue weighted by molar-refractivity contribution is -0.384. The number of carbonyl (C=O) groups excluding carboxylic acids is 1. The molecule has 1 amide bonds. The first kappa shape index (κ1) is 16.9. The SMILES string of the molecule is O=C(NCC1CCN(C2CCCC2)CC1)c1ccc([N+](=O)[O-])cc1. The number of nitrogens with zero attached hydrogens (tertiary/aromatic N) is 2. The van der Waals surface area contributed by atoms with Crippen LogP contribution in [-0.4, -0.2) is 41.4 Å². The van der Waals surface area contributed by atoms with Crippen LogP contribution in [0.1, 0.15) is 48.9 Å². The van der Waals surface area contributed by atoms with Crippen molar-refractivity contribution < 1.29 is 9.72 Å². The molecule has 3 rings (SSSR count). The summed E-state index contributed by atoms with van der Waals surface area (Å²) in [6.45, 7) is 2.97. The Balaban J connectivity index is 1.42. The average molecular weight is 331 g/mol. The number of hydrogen-bond acceptors (Lipinski definition) is 4. The van der Waals surface area contributed by atoms with Crippen LogP contribution in [-0.2, 0) is 0 Å². The number of likely N-dealkylation sites (tertiary alicyclic amines) is 1. The number of nitro groups is 1. The van der Waals surface area contributed by atoms with Gasteiger partial charge in [-0.05, 0) is 56.8 Å². The highest BCUT2D eigenvalue weighted by molar-refractivity contribution is 5.94. The topological polar surface area (TPSA) is 75.5 Å². The van der Waals surface area contributed by atoms with Gasteiger partial charge in [0.15, 0.2) is 0 Å². The summed E-state index contributed by atoms with van der Waals surface area (Å²) >= 11 is 0. The van der Waals surface area contributed by atoms with Gasteiger partial charge in [0.1, 0.15) is 0 Å². The summed E-state index contributed by atoms with van der Waals surface area (Å²) in [7, 11) is 0. The molecule has 1 aromatic rings. The van der Waals surface area contributed by atoms with E-state index < -0.39 is 4.92 Å². The molecule has 1 aliphatic heterocycles. The van der Waals surface area contributed by atoms with Crippen LogP contribution in [0.3, 0.4) is 0 Å². The number of benzene rings is 1. The van der Waals surface area contributed by atoms with Crippen molar-refractivity contribution >= 4 is 11.6 Å². The first-order chi connectivity index (χ1) is 11.6. The van der Waals surface area contributed by atoms with Crippen LogP contribution >= 0.6 is 0 Å². The van der Waals surface area contributed by atoms with Crippen LogP contribution in [0.5, 0.6) is 0 Å². The third kappa shape index (κ3) is 4.12. The molecule has 1 aromatic carbocycles. The highest BCUT2D eigenvalue weighted by Gasteiger charge is 2.27. The molecule has 0 spiro atoms. The molecular weight excluding hydrogens is 306 g/mol. The van der Waals surface area contributed by atoms with Gasteiger partial charge < -0.3 is 10.2 Å². The Morgan fingerprint density at radius 3 is 2.33 bits per heavy atom. The number of amides is 1. The van der Waals surface area contributed by atoms with E-state index in [4.69, 9.17) is 0 Å². The molecule has 1 N–H and O–H groups in total. The molecule has 2 fully saturated rings. The zero-order chi connectivity index (χ0) is 16.9. The second kappa shape index (κ2) is 7.75. The van der Waals surface area contributed by atoms with Crippen LogP contribution < -0.4 is 5.32 Å². The molecule has 0 atom stereocenters. The summed E-state index contributed by atoms with van der Waals surface area (Å²) in [5, 5.41) is 13.6. The van der Waals surface area contributed by atoms with E-state index >= 15 is 0 Å². The second-order valence-electron chi connectivity index (χ2n) is 6.93. The van der Waals surface area contributed by atoms with Gasteiger partial charge in [-0.1, -0.05) is 12.8 Å². The summed E-state index contributed by atoms with van der Waals surface area (Å²) in [5.74, 6) is 0.382. The highest BCUT2D eigenvalue weighted by atomic mass is 16.6. The van der Waals surface area contributed by atoms with Gasteiger partial charge in [-0.25, -0.2) is 0 Å². The number of hydrogen-bond donors (Lipinski definition) is 1. The normalized spacial score (nSPS) is 20.2. The molecular formula is C18H25N3O3. The van der Waals surface area contributed by atoms with Crippen molar-refractivity contribution in [1.82, 2.24) is 10.2 Å². The summed E-state index contributed by atoms with van der Waals surface area (Å²) < 4.78 is 0. The minimum atomic E-state index is -0.459. The Kier molecular flexibility index (Phi) is 5.45. The van der Waals surface area contributed by atoms with Crippen LogP contribution in [0.2, 0.25) is 0 Å². The van der Waals surface area contributed by atoms with Crippen LogP contribution in [0.4, 0.5) is 5.69 Å². The van der Waals surface area contributed by atoms with E-state index in [1.807, 2.05) is 0 Å². The molecule has 0 bridgehead atoms. The van der Waals surface area contributed by atoms with E-state index in [0.29, 0.717) is 18.0 Å². The molecule has 24 heavy (non-hydrogen) atoms. The van der Waals surface area contributed by atoms with Crippen molar-refractivity contribution in [1.29, 1.82) is 0 Å². The molecule has 6 nitrogen and oxygen atoms in total. The fraction of sp³-hybridized carbons (Fsp3) is 0.611. The number of nitrogens with one attached hydrogen (secondary N) is 1. The second-order valence-corrected chi connectivity index (χ2v) is 6.93. The van der Waals surface area contributed by atoms with Crippen molar-refractivity contribution in [3.8, 4) is 0 Å². The fourth-order valence-electron chi connectivity index (χ4n) is 3.87. The van der Waals surface area contributed by atoms with Gasteiger partial charge in [-0.3, -0.25) is 14.9 Å². The first-order valence-corrected chi connectivity index (χ1v) is 8.90. The van der Waals surface area contributed by atoms with Gasteiger partial charge in [0, 0.05) is 30.3 Å². The predicted molar refractivity (Wildman–Crippen MR) is 92.0 cm³/mol. The Morgan fingerprint density at radius 1 is 1.12 bits per heavy atom. The van der Waals surface area contributed by atoms with E-state index in [1.54, 1.807) is 0 Å². The molecule has 6 heteroatoms. The molecule has 1 saturated carbocycles. The maximum Gasteiger partial charge on any atom is 0.269 e. The Morgan fingerprint density at radius 2 is 1.75 bits per heavy atom. The lowest BCUT2D eigenvalue weighted by Gasteiger charge is -2.36. The maximum atomic E-state index is 12.2. The number of carbonyl (C=O) groups is 1. The first-order valence-electron chi connectivity index (χ1n) is 8.90. The van der Waals surface area contributed by atoms with E-state index in [1.165, 1.54) is 49.9 Å².